The molecule has 3 heteroatoms. The maximum Gasteiger partial charge on any atom is 0.0521 e. The second-order valence-corrected chi connectivity index (χ2v) is 5.58. The summed E-state index contributed by atoms with van der Waals surface area (Å²) in [6, 6.07) is 0. The molecular formula is C12H23N3. The molecule has 1 aliphatic heterocycles. The number of nitrogens with one attached hydrogen (secondary N) is 2. The fourth-order valence-corrected chi connectivity index (χ4v) is 2.39. The third-order valence-corrected chi connectivity index (χ3v) is 3.20. The molecule has 86 valence electrons. The van der Waals surface area contributed by atoms with E-state index in [1.807, 2.05) is 0 Å². The molecule has 0 radical (unpaired) electrons. The SMILES string of the molecule is CC(C)(C)N1NNC2=C1CCCCCC2. The smallest absolute Gasteiger partial charge is 0.0521 e. The van der Waals surface area contributed by atoms with Crippen LogP contribution < -0.4 is 11.0 Å². The van der Waals surface area contributed by atoms with Gasteiger partial charge in [-0.25, -0.2) is 0 Å². The zero-order valence-corrected chi connectivity index (χ0v) is 10.2. The predicted molar refractivity (Wildman–Crippen MR) is 62.6 cm³/mol. The highest BCUT2D eigenvalue weighted by Gasteiger charge is 2.30. The van der Waals surface area contributed by atoms with Crippen LogP contribution in [0.15, 0.2) is 11.4 Å². The van der Waals surface area contributed by atoms with Crippen molar-refractivity contribution in [3.8, 4) is 0 Å². The van der Waals surface area contributed by atoms with Crippen molar-refractivity contribution in [3.05, 3.63) is 11.4 Å². The van der Waals surface area contributed by atoms with Crippen molar-refractivity contribution >= 4 is 0 Å². The van der Waals surface area contributed by atoms with Crippen LogP contribution in [0.5, 0.6) is 0 Å². The number of nitrogens with zero attached hydrogens (tertiary/aromatic N) is 1. The van der Waals surface area contributed by atoms with Crippen molar-refractivity contribution in [2.75, 3.05) is 0 Å². The molecular weight excluding hydrogens is 186 g/mol. The molecule has 0 aromatic rings. The van der Waals surface area contributed by atoms with Gasteiger partial charge in [-0.2, -0.15) is 0 Å². The second kappa shape index (κ2) is 4.05. The fraction of sp³-hybridized carbons (Fsp3) is 0.833. The van der Waals surface area contributed by atoms with E-state index in [2.05, 4.69) is 36.7 Å². The van der Waals surface area contributed by atoms with Crippen molar-refractivity contribution in [2.24, 2.45) is 0 Å². The molecule has 0 aromatic heterocycles. The van der Waals surface area contributed by atoms with E-state index in [0.717, 1.165) is 0 Å². The summed E-state index contributed by atoms with van der Waals surface area (Å²) in [5, 5.41) is 2.30. The normalized spacial score (nSPS) is 23.3. The standard InChI is InChI=1S/C12H23N3/c1-12(2,3)15-11-9-7-5-4-6-8-10(11)13-14-15/h13-14H,4-9H2,1-3H3. The number of hydrogen-bond donors (Lipinski definition) is 2. The first-order valence-corrected chi connectivity index (χ1v) is 6.13. The van der Waals surface area contributed by atoms with Crippen LogP contribution in [0.4, 0.5) is 0 Å². The molecule has 0 unspecified atom stereocenters. The number of rotatable bonds is 0. The second-order valence-electron chi connectivity index (χ2n) is 5.58. The first-order chi connectivity index (χ1) is 7.09. The quantitative estimate of drug-likeness (QED) is 0.642. The number of hydrazine groups is 2. The molecule has 0 spiro atoms. The summed E-state index contributed by atoms with van der Waals surface area (Å²) in [5.74, 6) is 0. The Morgan fingerprint density at radius 3 is 2.33 bits per heavy atom. The Balaban J connectivity index is 2.17. The molecule has 1 aliphatic carbocycles. The van der Waals surface area contributed by atoms with Gasteiger partial charge in [-0.05, 0) is 46.5 Å². The first-order valence-electron chi connectivity index (χ1n) is 6.13. The zero-order valence-electron chi connectivity index (χ0n) is 10.2. The summed E-state index contributed by atoms with van der Waals surface area (Å²) < 4.78 is 0. The van der Waals surface area contributed by atoms with Crippen LogP contribution in [-0.4, -0.2) is 10.5 Å². The lowest BCUT2D eigenvalue weighted by Gasteiger charge is -2.35. The van der Waals surface area contributed by atoms with Crippen LogP contribution in [0.2, 0.25) is 0 Å². The van der Waals surface area contributed by atoms with Crippen molar-refractivity contribution in [1.29, 1.82) is 0 Å². The van der Waals surface area contributed by atoms with Crippen molar-refractivity contribution < 1.29 is 0 Å². The Morgan fingerprint density at radius 2 is 1.67 bits per heavy atom. The molecule has 1 heterocycles. The molecule has 0 saturated heterocycles. The van der Waals surface area contributed by atoms with Crippen LogP contribution in [-0.2, 0) is 0 Å². The molecule has 0 aromatic carbocycles. The Kier molecular flexibility index (Phi) is 2.91. The fourth-order valence-electron chi connectivity index (χ4n) is 2.39. The summed E-state index contributed by atoms with van der Waals surface area (Å²) in [5.41, 5.74) is 9.71. The van der Waals surface area contributed by atoms with Gasteiger partial charge in [0.1, 0.15) is 0 Å². The molecule has 15 heavy (non-hydrogen) atoms. The number of hydrogen-bond acceptors (Lipinski definition) is 3. The van der Waals surface area contributed by atoms with E-state index >= 15 is 0 Å². The van der Waals surface area contributed by atoms with Crippen LogP contribution in [0.3, 0.4) is 0 Å². The topological polar surface area (TPSA) is 27.3 Å². The van der Waals surface area contributed by atoms with Gasteiger partial charge in [0, 0.05) is 11.2 Å². The van der Waals surface area contributed by atoms with E-state index in [1.165, 1.54) is 49.9 Å². The predicted octanol–water partition coefficient (Wildman–Crippen LogP) is 2.68. The van der Waals surface area contributed by atoms with E-state index in [1.54, 1.807) is 0 Å². The lowest BCUT2D eigenvalue weighted by molar-refractivity contribution is 0.117. The lowest BCUT2D eigenvalue weighted by atomic mass is 9.99. The van der Waals surface area contributed by atoms with Gasteiger partial charge in [-0.15, -0.1) is 5.53 Å². The van der Waals surface area contributed by atoms with Gasteiger partial charge in [0.25, 0.3) is 0 Å². The van der Waals surface area contributed by atoms with E-state index in [4.69, 9.17) is 0 Å². The van der Waals surface area contributed by atoms with Crippen LogP contribution in [0.1, 0.15) is 59.3 Å². The zero-order chi connectivity index (χ0) is 10.9. The molecule has 0 bridgehead atoms. The molecule has 3 nitrogen and oxygen atoms in total. The van der Waals surface area contributed by atoms with Crippen LogP contribution in [0, 0.1) is 0 Å². The molecule has 0 fully saturated rings. The summed E-state index contributed by atoms with van der Waals surface area (Å²) in [6.07, 6.45) is 7.84. The van der Waals surface area contributed by atoms with Gasteiger partial charge in [-0.1, -0.05) is 12.8 Å². The largest absolute Gasteiger partial charge is 0.306 e. The monoisotopic (exact) mass is 209 g/mol. The maximum absolute atomic E-state index is 3.34. The summed E-state index contributed by atoms with van der Waals surface area (Å²) in [4.78, 5) is 0. The number of allylic oxidation sites excluding steroid dienone is 2. The van der Waals surface area contributed by atoms with Crippen molar-refractivity contribution in [2.45, 2.75) is 64.8 Å². The molecule has 2 aliphatic rings. The molecule has 2 N–H and O–H groups in total. The average molecular weight is 209 g/mol. The van der Waals surface area contributed by atoms with Gasteiger partial charge in [0.05, 0.1) is 5.70 Å². The highest BCUT2D eigenvalue weighted by atomic mass is 15.7. The highest BCUT2D eigenvalue weighted by Crippen LogP contribution is 2.30. The van der Waals surface area contributed by atoms with E-state index in [0.29, 0.717) is 0 Å². The Labute approximate surface area is 92.9 Å². The Morgan fingerprint density at radius 1 is 1.00 bits per heavy atom. The van der Waals surface area contributed by atoms with Gasteiger partial charge < -0.3 is 5.43 Å². The van der Waals surface area contributed by atoms with Crippen molar-refractivity contribution in [3.63, 3.8) is 0 Å². The third-order valence-electron chi connectivity index (χ3n) is 3.20. The molecule has 0 atom stereocenters. The Hall–Kier alpha value is -0.700. The van der Waals surface area contributed by atoms with Gasteiger partial charge in [-0.3, -0.25) is 5.01 Å². The lowest BCUT2D eigenvalue weighted by Crippen LogP contribution is -2.49. The van der Waals surface area contributed by atoms with Crippen molar-refractivity contribution in [1.82, 2.24) is 16.0 Å². The van der Waals surface area contributed by atoms with E-state index in [-0.39, 0.29) is 5.54 Å². The van der Waals surface area contributed by atoms with Crippen LogP contribution in [0.25, 0.3) is 0 Å². The minimum Gasteiger partial charge on any atom is -0.306 e. The minimum absolute atomic E-state index is 0.156. The summed E-state index contributed by atoms with van der Waals surface area (Å²) in [7, 11) is 0. The highest BCUT2D eigenvalue weighted by molar-refractivity contribution is 5.17. The molecule has 0 amide bonds. The van der Waals surface area contributed by atoms with Gasteiger partial charge in [0.2, 0.25) is 0 Å². The van der Waals surface area contributed by atoms with Crippen LogP contribution >= 0.6 is 0 Å². The molecule has 2 rings (SSSR count). The third kappa shape index (κ3) is 2.28. The minimum atomic E-state index is 0.156. The maximum atomic E-state index is 3.34. The summed E-state index contributed by atoms with van der Waals surface area (Å²) >= 11 is 0. The van der Waals surface area contributed by atoms with Gasteiger partial charge in [0.15, 0.2) is 0 Å². The van der Waals surface area contributed by atoms with E-state index in [9.17, 15) is 0 Å². The van der Waals surface area contributed by atoms with E-state index < -0.39 is 0 Å². The molecule has 0 saturated carbocycles. The summed E-state index contributed by atoms with van der Waals surface area (Å²) in [6.45, 7) is 6.74. The first kappa shape index (κ1) is 10.8. The Bertz CT molecular complexity index is 263. The van der Waals surface area contributed by atoms with Gasteiger partial charge >= 0.3 is 0 Å². The average Bonchev–Trinajstić information content (AvgIpc) is 2.46.